The fourth-order valence-electron chi connectivity index (χ4n) is 0.565. The molecule has 0 aromatic rings. The van der Waals surface area contributed by atoms with Gasteiger partial charge in [0, 0.05) is 0 Å². The van der Waals surface area contributed by atoms with Crippen molar-refractivity contribution in [2.24, 2.45) is 0 Å². The largest absolute Gasteiger partial charge is 0.261 e. The predicted octanol–water partition coefficient (Wildman–Crippen LogP) is 0.819. The molecular weight excluding hydrogens is 177 g/mol. The van der Waals surface area contributed by atoms with Gasteiger partial charge in [-0.2, -0.15) is 5.17 Å². The zero-order valence-corrected chi connectivity index (χ0v) is 6.85. The minimum atomic E-state index is 0.461. The first-order chi connectivity index (χ1) is 4.72. The van der Waals surface area contributed by atoms with Crippen molar-refractivity contribution in [3.8, 4) is 0 Å². The normalized spacial score (nSPS) is 21.1. The Balaban J connectivity index is 2.55. The Hall–Kier alpha value is -0.0000000000000000208. The van der Waals surface area contributed by atoms with Gasteiger partial charge in [0.25, 0.3) is 0 Å². The van der Waals surface area contributed by atoms with E-state index in [1.54, 1.807) is 6.20 Å². The van der Waals surface area contributed by atoms with E-state index < -0.39 is 0 Å². The summed E-state index contributed by atoms with van der Waals surface area (Å²) in [4.78, 5) is 4.77. The predicted molar refractivity (Wildman–Crippen MR) is 38.5 cm³/mol. The van der Waals surface area contributed by atoms with Gasteiger partial charge in [-0.05, 0) is 11.8 Å². The third kappa shape index (κ3) is 2.00. The van der Waals surface area contributed by atoms with Crippen LogP contribution in [0.1, 0.15) is 0 Å². The molecule has 0 bridgehead atoms. The van der Waals surface area contributed by atoms with Crippen LogP contribution >= 0.6 is 23.4 Å². The van der Waals surface area contributed by atoms with E-state index >= 15 is 0 Å². The number of hydrogen-bond acceptors (Lipinski definition) is 4. The highest BCUT2D eigenvalue weighted by Crippen LogP contribution is 2.11. The summed E-state index contributed by atoms with van der Waals surface area (Å²) in [7, 11) is 1.50. The summed E-state index contributed by atoms with van der Waals surface area (Å²) in [6, 6.07) is 0. The van der Waals surface area contributed by atoms with Gasteiger partial charge in [0.2, 0.25) is 0 Å². The highest BCUT2D eigenvalue weighted by molar-refractivity contribution is 6.30. The van der Waals surface area contributed by atoms with Crippen LogP contribution in [0.15, 0.2) is 11.2 Å². The summed E-state index contributed by atoms with van der Waals surface area (Å²) < 4.78 is 1.28. The monoisotopic (exact) mass is 183 g/mol. The zero-order chi connectivity index (χ0) is 7.56. The van der Waals surface area contributed by atoms with E-state index in [2.05, 4.69) is 5.53 Å². The summed E-state index contributed by atoms with van der Waals surface area (Å²) >= 11 is 11.2. The standard InChI is InChI=1S/C4H7Cl2N3O/c1-10-9-3-4(5)2-8(6)7-9/h3,7H,2H2,1H3. The fraction of sp³-hybridized carbons (Fsp3) is 0.500. The van der Waals surface area contributed by atoms with Gasteiger partial charge in [0.1, 0.15) is 0 Å². The maximum Gasteiger partial charge on any atom is 0.0689 e. The van der Waals surface area contributed by atoms with Gasteiger partial charge in [-0.25, -0.2) is 0 Å². The Morgan fingerprint density at radius 3 is 3.00 bits per heavy atom. The van der Waals surface area contributed by atoms with Crippen molar-refractivity contribution in [3.63, 3.8) is 0 Å². The average molecular weight is 184 g/mol. The Morgan fingerprint density at radius 2 is 2.50 bits per heavy atom. The van der Waals surface area contributed by atoms with Gasteiger partial charge >= 0.3 is 0 Å². The van der Waals surface area contributed by atoms with E-state index in [4.69, 9.17) is 28.2 Å². The number of hydroxylamine groups is 1. The molecule has 0 saturated heterocycles. The number of rotatable bonds is 1. The van der Waals surface area contributed by atoms with Crippen LogP contribution in [0.2, 0.25) is 0 Å². The first-order valence-electron chi connectivity index (χ1n) is 2.61. The molecule has 0 saturated carbocycles. The molecule has 0 aliphatic carbocycles. The minimum absolute atomic E-state index is 0.461. The van der Waals surface area contributed by atoms with Crippen LogP contribution in [-0.4, -0.2) is 23.4 Å². The molecule has 0 spiro atoms. The topological polar surface area (TPSA) is 27.7 Å². The van der Waals surface area contributed by atoms with Crippen LogP contribution in [-0.2, 0) is 4.84 Å². The first-order valence-corrected chi connectivity index (χ1v) is 3.33. The lowest BCUT2D eigenvalue weighted by Crippen LogP contribution is -2.45. The molecule has 0 aromatic carbocycles. The molecule has 0 aromatic heterocycles. The number of hydrogen-bond donors (Lipinski definition) is 1. The van der Waals surface area contributed by atoms with E-state index in [1.807, 2.05) is 0 Å². The van der Waals surface area contributed by atoms with E-state index in [0.29, 0.717) is 11.6 Å². The van der Waals surface area contributed by atoms with Crippen LogP contribution in [0.25, 0.3) is 0 Å². The van der Waals surface area contributed by atoms with E-state index in [9.17, 15) is 0 Å². The molecule has 1 N–H and O–H groups in total. The molecule has 58 valence electrons. The Bertz CT molecular complexity index is 151. The lowest BCUT2D eigenvalue weighted by Gasteiger charge is -2.27. The highest BCUT2D eigenvalue weighted by atomic mass is 35.5. The molecule has 1 aliphatic heterocycles. The minimum Gasteiger partial charge on any atom is -0.261 e. The molecule has 0 amide bonds. The highest BCUT2D eigenvalue weighted by Gasteiger charge is 2.13. The molecule has 1 rings (SSSR count). The van der Waals surface area contributed by atoms with Crippen LogP contribution < -0.4 is 5.53 Å². The van der Waals surface area contributed by atoms with Crippen LogP contribution in [0.3, 0.4) is 0 Å². The summed E-state index contributed by atoms with van der Waals surface area (Å²) in [6.45, 7) is 0.461. The molecule has 1 heterocycles. The third-order valence-corrected chi connectivity index (χ3v) is 1.36. The number of nitrogens with one attached hydrogen (secondary N) is 1. The quantitative estimate of drug-likeness (QED) is 0.610. The summed E-state index contributed by atoms with van der Waals surface area (Å²) in [5, 5.41) is 1.91. The second-order valence-electron chi connectivity index (χ2n) is 1.70. The van der Waals surface area contributed by atoms with Crippen LogP contribution in [0.5, 0.6) is 0 Å². The third-order valence-electron chi connectivity index (χ3n) is 0.951. The SMILES string of the molecule is CON1C=C(Cl)CN(Cl)N1. The second kappa shape index (κ2) is 3.41. The lowest BCUT2D eigenvalue weighted by molar-refractivity contribution is -0.166. The lowest BCUT2D eigenvalue weighted by atomic mass is 10.6. The molecule has 0 radical (unpaired) electrons. The molecule has 10 heavy (non-hydrogen) atoms. The van der Waals surface area contributed by atoms with Gasteiger partial charge in [0.15, 0.2) is 0 Å². The Morgan fingerprint density at radius 1 is 1.80 bits per heavy atom. The first kappa shape index (κ1) is 8.10. The molecular formula is C4H7Cl2N3O. The van der Waals surface area contributed by atoms with Crippen molar-refractivity contribution >= 4 is 23.4 Å². The van der Waals surface area contributed by atoms with Crippen LogP contribution in [0, 0.1) is 0 Å². The van der Waals surface area contributed by atoms with Gasteiger partial charge in [0.05, 0.1) is 24.9 Å². The summed E-state index contributed by atoms with van der Waals surface area (Å²) in [5.74, 6) is 0. The Kier molecular flexibility index (Phi) is 2.76. The van der Waals surface area contributed by atoms with Crippen molar-refractivity contribution < 1.29 is 4.84 Å². The van der Waals surface area contributed by atoms with Crippen molar-refractivity contribution in [1.29, 1.82) is 0 Å². The molecule has 0 fully saturated rings. The fourth-order valence-corrected chi connectivity index (χ4v) is 1.04. The second-order valence-corrected chi connectivity index (χ2v) is 2.60. The molecule has 4 nitrogen and oxygen atoms in total. The van der Waals surface area contributed by atoms with E-state index in [-0.39, 0.29) is 0 Å². The zero-order valence-electron chi connectivity index (χ0n) is 5.34. The van der Waals surface area contributed by atoms with Crippen molar-refractivity contribution in [2.75, 3.05) is 13.7 Å². The number of halogens is 2. The maximum absolute atomic E-state index is 5.66. The van der Waals surface area contributed by atoms with E-state index in [0.717, 1.165) is 0 Å². The van der Waals surface area contributed by atoms with Gasteiger partial charge in [-0.1, -0.05) is 11.6 Å². The molecule has 1 aliphatic rings. The average Bonchev–Trinajstić information content (AvgIpc) is 1.85. The number of hydrazine groups is 2. The maximum atomic E-state index is 5.66. The van der Waals surface area contributed by atoms with Gasteiger partial charge in [-0.15, -0.1) is 10.1 Å². The summed E-state index contributed by atoms with van der Waals surface area (Å²) in [6.07, 6.45) is 1.60. The van der Waals surface area contributed by atoms with E-state index in [1.165, 1.54) is 16.8 Å². The molecule has 0 atom stereocenters. The van der Waals surface area contributed by atoms with Crippen molar-refractivity contribution in [1.82, 2.24) is 15.2 Å². The van der Waals surface area contributed by atoms with Crippen LogP contribution in [0.4, 0.5) is 0 Å². The Labute approximate surface area is 68.9 Å². The van der Waals surface area contributed by atoms with Gasteiger partial charge in [-0.3, -0.25) is 4.84 Å². The molecule has 6 heteroatoms. The number of nitrogens with zero attached hydrogens (tertiary/aromatic N) is 2. The summed E-state index contributed by atoms with van der Waals surface area (Å²) in [5.41, 5.74) is 2.65. The molecule has 0 unspecified atom stereocenters. The smallest absolute Gasteiger partial charge is 0.0689 e. The van der Waals surface area contributed by atoms with Gasteiger partial charge < -0.3 is 0 Å². The van der Waals surface area contributed by atoms with Crippen molar-refractivity contribution in [3.05, 3.63) is 11.2 Å². The van der Waals surface area contributed by atoms with Crippen molar-refractivity contribution in [2.45, 2.75) is 0 Å².